The lowest BCUT2D eigenvalue weighted by atomic mass is 9.93. The van der Waals surface area contributed by atoms with Gasteiger partial charge in [0.1, 0.15) is 28.5 Å². The number of carbonyl (C=O) groups excluding carboxylic acids is 2. The molecule has 3 rings (SSSR count). The lowest BCUT2D eigenvalue weighted by Crippen LogP contribution is -2.30. The highest BCUT2D eigenvalue weighted by Crippen LogP contribution is 2.31. The Hall–Kier alpha value is -4.25. The number of pyridine rings is 1. The number of phenols is 1. The number of aryl methyl sites for hydroxylation is 2. The van der Waals surface area contributed by atoms with Crippen LogP contribution in [-0.2, 0) is 4.79 Å². The van der Waals surface area contributed by atoms with Crippen LogP contribution < -0.4 is 11.1 Å². The number of halogens is 2. The number of rotatable bonds is 5. The summed E-state index contributed by atoms with van der Waals surface area (Å²) in [6.07, 6.45) is 0. The number of nitrogens with two attached hydrogens (primary N) is 1. The quantitative estimate of drug-likeness (QED) is 0.482. The zero-order valence-corrected chi connectivity index (χ0v) is 19.7. The summed E-state index contributed by atoms with van der Waals surface area (Å²) >= 11 is 0. The van der Waals surface area contributed by atoms with E-state index in [4.69, 9.17) is 5.73 Å². The van der Waals surface area contributed by atoms with Crippen molar-refractivity contribution in [3.63, 3.8) is 0 Å². The molecule has 0 saturated heterocycles. The average molecular weight is 478 g/mol. The number of amides is 2. The molecule has 2 amide bonds. The second kappa shape index (κ2) is 9.94. The molecule has 0 bridgehead atoms. The van der Waals surface area contributed by atoms with Gasteiger partial charge in [-0.05, 0) is 75.2 Å². The second-order valence-electron chi connectivity index (χ2n) is 8.74. The van der Waals surface area contributed by atoms with Gasteiger partial charge in [0.05, 0.1) is 6.04 Å². The van der Waals surface area contributed by atoms with Crippen molar-refractivity contribution in [2.24, 2.45) is 11.1 Å². The van der Waals surface area contributed by atoms with Crippen molar-refractivity contribution >= 4 is 11.8 Å². The van der Waals surface area contributed by atoms with Crippen molar-refractivity contribution in [2.75, 3.05) is 0 Å². The molecular weight excluding hydrogens is 452 g/mol. The van der Waals surface area contributed by atoms with Gasteiger partial charge >= 0.3 is 0 Å². The van der Waals surface area contributed by atoms with Crippen LogP contribution in [-0.4, -0.2) is 21.9 Å². The van der Waals surface area contributed by atoms with Gasteiger partial charge in [-0.3, -0.25) is 9.59 Å². The molecule has 4 N–H and O–H groups in total. The molecule has 180 valence electrons. The molecule has 2 aromatic carbocycles. The van der Waals surface area contributed by atoms with Crippen LogP contribution in [0.5, 0.6) is 5.75 Å². The van der Waals surface area contributed by atoms with Crippen molar-refractivity contribution in [1.82, 2.24) is 10.3 Å². The van der Waals surface area contributed by atoms with Crippen LogP contribution in [0, 0.1) is 42.7 Å². The summed E-state index contributed by atoms with van der Waals surface area (Å²) in [5.74, 6) is 2.97. The zero-order chi connectivity index (χ0) is 25.9. The van der Waals surface area contributed by atoms with Gasteiger partial charge in [-0.25, -0.2) is 13.8 Å². The van der Waals surface area contributed by atoms with E-state index in [2.05, 4.69) is 22.1 Å². The highest BCUT2D eigenvalue weighted by atomic mass is 19.1. The van der Waals surface area contributed by atoms with Gasteiger partial charge in [0.25, 0.3) is 5.91 Å². The molecule has 0 unspecified atom stereocenters. The first-order valence-electron chi connectivity index (χ1n) is 10.7. The molecule has 35 heavy (non-hydrogen) atoms. The Kier molecular flexibility index (Phi) is 7.20. The van der Waals surface area contributed by atoms with Crippen LogP contribution in [0.15, 0.2) is 48.5 Å². The zero-order valence-electron chi connectivity index (χ0n) is 19.7. The summed E-state index contributed by atoms with van der Waals surface area (Å²) in [5, 5.41) is 13.1. The van der Waals surface area contributed by atoms with Crippen LogP contribution in [0.4, 0.5) is 8.78 Å². The number of nitrogens with one attached hydrogen (secondary N) is 1. The fourth-order valence-electron chi connectivity index (χ4n) is 3.24. The lowest BCUT2D eigenvalue weighted by molar-refractivity contribution is -0.123. The molecule has 0 fully saturated rings. The maximum atomic E-state index is 14.3. The highest BCUT2D eigenvalue weighted by Gasteiger charge is 2.24. The molecule has 8 heteroatoms. The predicted molar refractivity (Wildman–Crippen MR) is 127 cm³/mol. The minimum Gasteiger partial charge on any atom is -0.508 e. The SMILES string of the molecule is Cc1cc(C#CC(C)(C)C(N)=O)cc(C(=O)N[C@H](c2ccc(C)c(F)c2)c2cc(F)ccc2O)n1. The number of aromatic hydroxyl groups is 1. The Bertz CT molecular complexity index is 1370. The summed E-state index contributed by atoms with van der Waals surface area (Å²) in [4.78, 5) is 29.0. The van der Waals surface area contributed by atoms with Gasteiger partial charge in [-0.15, -0.1) is 0 Å². The fraction of sp³-hybridized carbons (Fsp3) is 0.222. The summed E-state index contributed by atoms with van der Waals surface area (Å²) in [6.45, 7) is 6.43. The Morgan fingerprint density at radius 3 is 2.46 bits per heavy atom. The number of primary amides is 1. The summed E-state index contributed by atoms with van der Waals surface area (Å²) in [5.41, 5.74) is 5.96. The third kappa shape index (κ3) is 6.01. The van der Waals surface area contributed by atoms with E-state index in [9.17, 15) is 23.5 Å². The Morgan fingerprint density at radius 1 is 1.09 bits per heavy atom. The average Bonchev–Trinajstić information content (AvgIpc) is 2.79. The number of aromatic nitrogens is 1. The van der Waals surface area contributed by atoms with E-state index in [1.165, 1.54) is 18.2 Å². The van der Waals surface area contributed by atoms with Gasteiger partial charge < -0.3 is 16.2 Å². The molecule has 6 nitrogen and oxygen atoms in total. The number of carbonyl (C=O) groups is 2. The largest absolute Gasteiger partial charge is 0.508 e. The normalized spacial score (nSPS) is 11.8. The van der Waals surface area contributed by atoms with Crippen molar-refractivity contribution in [3.05, 3.63) is 93.8 Å². The van der Waals surface area contributed by atoms with Gasteiger partial charge in [-0.1, -0.05) is 24.0 Å². The topological polar surface area (TPSA) is 105 Å². The fourth-order valence-corrected chi connectivity index (χ4v) is 3.24. The van der Waals surface area contributed by atoms with Crippen molar-refractivity contribution < 1.29 is 23.5 Å². The van der Waals surface area contributed by atoms with E-state index in [0.29, 0.717) is 22.4 Å². The van der Waals surface area contributed by atoms with E-state index < -0.39 is 34.9 Å². The molecule has 0 aliphatic rings. The van der Waals surface area contributed by atoms with Crippen LogP contribution >= 0.6 is 0 Å². The van der Waals surface area contributed by atoms with E-state index in [1.807, 2.05) is 0 Å². The molecule has 0 radical (unpaired) electrons. The first-order valence-corrected chi connectivity index (χ1v) is 10.7. The maximum Gasteiger partial charge on any atom is 0.270 e. The van der Waals surface area contributed by atoms with Crippen LogP contribution in [0.1, 0.15) is 58.3 Å². The van der Waals surface area contributed by atoms with Gasteiger partial charge in [0, 0.05) is 16.8 Å². The molecule has 0 aliphatic heterocycles. The van der Waals surface area contributed by atoms with Crippen LogP contribution in [0.2, 0.25) is 0 Å². The molecule has 3 aromatic rings. The first kappa shape index (κ1) is 25.4. The standard InChI is InChI=1S/C27H25F2N3O3/c1-15-5-6-18(13-21(15)29)24(20-14-19(28)7-8-23(20)33)32-25(34)22-12-17(11-16(2)31-22)9-10-27(3,4)26(30)35/h5-8,11-14,24,33H,1-4H3,(H2,30,35)(H,32,34)/t24-/m1/s1. The Balaban J connectivity index is 2.03. The molecule has 0 spiro atoms. The van der Waals surface area contributed by atoms with Crippen LogP contribution in [0.3, 0.4) is 0 Å². The number of nitrogens with zero attached hydrogens (tertiary/aromatic N) is 1. The molecule has 1 aromatic heterocycles. The Labute approximate surface area is 202 Å². The van der Waals surface area contributed by atoms with E-state index in [-0.39, 0.29) is 17.0 Å². The van der Waals surface area contributed by atoms with Gasteiger partial charge in [0.15, 0.2) is 0 Å². The maximum absolute atomic E-state index is 14.3. The Morgan fingerprint density at radius 2 is 1.80 bits per heavy atom. The minimum absolute atomic E-state index is 0.000317. The monoisotopic (exact) mass is 477 g/mol. The predicted octanol–water partition coefficient (Wildman–Crippen LogP) is 4.06. The van der Waals surface area contributed by atoms with Gasteiger partial charge in [0.2, 0.25) is 5.91 Å². The third-order valence-electron chi connectivity index (χ3n) is 5.43. The number of benzene rings is 2. The first-order chi connectivity index (χ1) is 16.4. The molecule has 1 atom stereocenters. The highest BCUT2D eigenvalue weighted by molar-refractivity contribution is 5.93. The van der Waals surface area contributed by atoms with E-state index in [1.54, 1.807) is 39.8 Å². The molecular formula is C27H25F2N3O3. The van der Waals surface area contributed by atoms with Crippen molar-refractivity contribution in [3.8, 4) is 17.6 Å². The van der Waals surface area contributed by atoms with Crippen LogP contribution in [0.25, 0.3) is 0 Å². The summed E-state index contributed by atoms with van der Waals surface area (Å²) < 4.78 is 28.3. The molecule has 0 aliphatic carbocycles. The van der Waals surface area contributed by atoms with Gasteiger partial charge in [-0.2, -0.15) is 0 Å². The second-order valence-corrected chi connectivity index (χ2v) is 8.74. The molecule has 0 saturated carbocycles. The smallest absolute Gasteiger partial charge is 0.270 e. The summed E-state index contributed by atoms with van der Waals surface area (Å²) in [7, 11) is 0. The number of phenolic OH excluding ortho intramolecular Hbond substituents is 1. The van der Waals surface area contributed by atoms with E-state index in [0.717, 1.165) is 18.2 Å². The summed E-state index contributed by atoms with van der Waals surface area (Å²) in [6, 6.07) is 9.65. The van der Waals surface area contributed by atoms with E-state index >= 15 is 0 Å². The van der Waals surface area contributed by atoms with Crippen molar-refractivity contribution in [2.45, 2.75) is 33.7 Å². The van der Waals surface area contributed by atoms with Crippen molar-refractivity contribution in [1.29, 1.82) is 0 Å². The number of hydrogen-bond donors (Lipinski definition) is 3. The minimum atomic E-state index is -1.07. The third-order valence-corrected chi connectivity index (χ3v) is 5.43. The molecule has 1 heterocycles. The lowest BCUT2D eigenvalue weighted by Gasteiger charge is -2.21. The number of hydrogen-bond acceptors (Lipinski definition) is 4.